The molecule has 0 spiro atoms. The lowest BCUT2D eigenvalue weighted by Crippen LogP contribution is -2.37. The van der Waals surface area contributed by atoms with Crippen LogP contribution >= 0.6 is 11.8 Å². The normalized spacial score (nSPS) is 27.1. The maximum Gasteiger partial charge on any atom is 0.156 e. The summed E-state index contributed by atoms with van der Waals surface area (Å²) in [5.74, 6) is 1.94. The van der Waals surface area contributed by atoms with E-state index in [0.29, 0.717) is 6.04 Å². The third-order valence-corrected chi connectivity index (χ3v) is 4.59. The Kier molecular flexibility index (Phi) is 6.47. The van der Waals surface area contributed by atoms with Crippen LogP contribution in [0.15, 0.2) is 4.99 Å². The lowest BCUT2D eigenvalue weighted by atomic mass is 10.1. The molecule has 2 heterocycles. The summed E-state index contributed by atoms with van der Waals surface area (Å²) in [7, 11) is 0. The number of hydrogen-bond donors (Lipinski definition) is 1. The number of thioether (sulfide) groups is 1. The van der Waals surface area contributed by atoms with E-state index in [0.717, 1.165) is 56.9 Å². The summed E-state index contributed by atoms with van der Waals surface area (Å²) in [6.07, 6.45) is 2.40. The van der Waals surface area contributed by atoms with Crippen molar-refractivity contribution in [3.05, 3.63) is 0 Å². The van der Waals surface area contributed by atoms with E-state index in [1.54, 1.807) is 0 Å². The summed E-state index contributed by atoms with van der Waals surface area (Å²) < 4.78 is 5.35. The second-order valence-electron chi connectivity index (χ2n) is 5.78. The van der Waals surface area contributed by atoms with E-state index in [9.17, 15) is 0 Å². The predicted octanol–water partition coefficient (Wildman–Crippen LogP) is 1.82. The second kappa shape index (κ2) is 8.12. The zero-order valence-corrected chi connectivity index (χ0v) is 13.0. The van der Waals surface area contributed by atoms with Gasteiger partial charge < -0.3 is 10.1 Å². The van der Waals surface area contributed by atoms with Crippen molar-refractivity contribution < 1.29 is 4.74 Å². The first-order valence-electron chi connectivity index (χ1n) is 7.48. The maximum atomic E-state index is 5.35. The quantitative estimate of drug-likeness (QED) is 0.755. The zero-order valence-electron chi connectivity index (χ0n) is 12.2. The molecule has 5 heteroatoms. The van der Waals surface area contributed by atoms with Gasteiger partial charge in [-0.25, -0.2) is 0 Å². The smallest absolute Gasteiger partial charge is 0.156 e. The minimum Gasteiger partial charge on any atom is -0.379 e. The number of amidine groups is 1. The largest absolute Gasteiger partial charge is 0.379 e. The molecule has 110 valence electrons. The Morgan fingerprint density at radius 2 is 2.21 bits per heavy atom. The van der Waals surface area contributed by atoms with Crippen LogP contribution in [0.1, 0.15) is 26.7 Å². The molecule has 4 nitrogen and oxygen atoms in total. The molecular weight excluding hydrogens is 258 g/mol. The van der Waals surface area contributed by atoms with Gasteiger partial charge in [0.15, 0.2) is 5.17 Å². The van der Waals surface area contributed by atoms with Gasteiger partial charge in [-0.3, -0.25) is 9.89 Å². The molecule has 1 N–H and O–H groups in total. The number of ether oxygens (including phenoxy) is 1. The molecule has 2 aliphatic heterocycles. The Morgan fingerprint density at radius 3 is 2.95 bits per heavy atom. The molecule has 0 aromatic rings. The highest BCUT2D eigenvalue weighted by Crippen LogP contribution is 2.18. The molecule has 0 aliphatic carbocycles. The van der Waals surface area contributed by atoms with Crippen LogP contribution in [0.2, 0.25) is 0 Å². The number of nitrogens with zero attached hydrogens (tertiary/aromatic N) is 2. The molecule has 0 bridgehead atoms. The van der Waals surface area contributed by atoms with Crippen LogP contribution in [0, 0.1) is 5.92 Å². The van der Waals surface area contributed by atoms with E-state index in [-0.39, 0.29) is 0 Å². The van der Waals surface area contributed by atoms with E-state index < -0.39 is 0 Å². The number of aliphatic imine (C=N–C) groups is 1. The monoisotopic (exact) mass is 285 g/mol. The van der Waals surface area contributed by atoms with Crippen molar-refractivity contribution >= 4 is 16.9 Å². The molecule has 0 radical (unpaired) electrons. The minimum absolute atomic E-state index is 0.628. The van der Waals surface area contributed by atoms with E-state index >= 15 is 0 Å². The topological polar surface area (TPSA) is 36.9 Å². The third kappa shape index (κ3) is 5.71. The van der Waals surface area contributed by atoms with Crippen molar-refractivity contribution in [1.29, 1.82) is 0 Å². The van der Waals surface area contributed by atoms with Gasteiger partial charge in [-0.2, -0.15) is 0 Å². The number of morpholine rings is 1. The zero-order chi connectivity index (χ0) is 13.5. The van der Waals surface area contributed by atoms with Gasteiger partial charge in [-0.1, -0.05) is 25.6 Å². The van der Waals surface area contributed by atoms with Crippen molar-refractivity contribution in [2.45, 2.75) is 32.7 Å². The molecule has 2 rings (SSSR count). The average molecular weight is 285 g/mol. The number of rotatable bonds is 6. The highest BCUT2D eigenvalue weighted by atomic mass is 32.2. The first-order valence-corrected chi connectivity index (χ1v) is 8.46. The Hall–Kier alpha value is -0.260. The predicted molar refractivity (Wildman–Crippen MR) is 83.0 cm³/mol. The van der Waals surface area contributed by atoms with E-state index in [1.165, 1.54) is 12.2 Å². The summed E-state index contributed by atoms with van der Waals surface area (Å²) in [4.78, 5) is 7.15. The summed E-state index contributed by atoms with van der Waals surface area (Å²) in [5.41, 5.74) is 0. The number of nitrogens with one attached hydrogen (secondary N) is 1. The minimum atomic E-state index is 0.628. The van der Waals surface area contributed by atoms with Crippen molar-refractivity contribution in [2.24, 2.45) is 10.9 Å². The second-order valence-corrected chi connectivity index (χ2v) is 6.78. The fraction of sp³-hybridized carbons (Fsp3) is 0.929. The molecule has 2 fully saturated rings. The molecule has 0 aromatic heterocycles. The SMILES string of the molecule is CC(C)CC1CSC(=NCCCN2CCOCC2)N1. The molecule has 2 saturated heterocycles. The van der Waals surface area contributed by atoms with Crippen molar-refractivity contribution in [3.8, 4) is 0 Å². The maximum absolute atomic E-state index is 5.35. The first kappa shape index (κ1) is 15.1. The summed E-state index contributed by atoms with van der Waals surface area (Å²) in [6, 6.07) is 0.628. The average Bonchev–Trinajstić information content (AvgIpc) is 2.83. The fourth-order valence-electron chi connectivity index (χ4n) is 2.52. The van der Waals surface area contributed by atoms with Crippen LogP contribution < -0.4 is 5.32 Å². The van der Waals surface area contributed by atoms with Crippen molar-refractivity contribution in [3.63, 3.8) is 0 Å². The molecule has 2 aliphatic rings. The van der Waals surface area contributed by atoms with Crippen LogP contribution in [0.25, 0.3) is 0 Å². The molecule has 0 saturated carbocycles. The van der Waals surface area contributed by atoms with Crippen LogP contribution in [0.5, 0.6) is 0 Å². The Labute approximate surface area is 121 Å². The summed E-state index contributed by atoms with van der Waals surface area (Å²) in [6.45, 7) is 10.6. The highest BCUT2D eigenvalue weighted by molar-refractivity contribution is 8.14. The van der Waals surface area contributed by atoms with Crippen molar-refractivity contribution in [2.75, 3.05) is 45.1 Å². The fourth-order valence-corrected chi connectivity index (χ4v) is 3.54. The molecule has 0 aromatic carbocycles. The van der Waals surface area contributed by atoms with Gasteiger partial charge in [-0.15, -0.1) is 0 Å². The molecule has 0 amide bonds. The van der Waals surface area contributed by atoms with Crippen LogP contribution in [-0.2, 0) is 4.74 Å². The Balaban J connectivity index is 1.58. The van der Waals surface area contributed by atoms with Gasteiger partial charge in [-0.05, 0) is 18.8 Å². The van der Waals surface area contributed by atoms with Gasteiger partial charge >= 0.3 is 0 Å². The van der Waals surface area contributed by atoms with Crippen LogP contribution in [0.4, 0.5) is 0 Å². The van der Waals surface area contributed by atoms with Gasteiger partial charge in [0, 0.05) is 38.0 Å². The van der Waals surface area contributed by atoms with E-state index in [1.807, 2.05) is 11.8 Å². The Bertz CT molecular complexity index is 290. The number of hydrogen-bond acceptors (Lipinski definition) is 4. The highest BCUT2D eigenvalue weighted by Gasteiger charge is 2.20. The summed E-state index contributed by atoms with van der Waals surface area (Å²) in [5, 5.41) is 4.70. The molecular formula is C14H27N3OS. The summed E-state index contributed by atoms with van der Waals surface area (Å²) >= 11 is 1.88. The van der Waals surface area contributed by atoms with Gasteiger partial charge in [0.2, 0.25) is 0 Å². The third-order valence-electron chi connectivity index (χ3n) is 3.50. The standard InChI is InChI=1S/C14H27N3OS/c1-12(2)10-13-11-19-14(16-13)15-4-3-5-17-6-8-18-9-7-17/h12-13H,3-11H2,1-2H3,(H,15,16). The van der Waals surface area contributed by atoms with Gasteiger partial charge in [0.25, 0.3) is 0 Å². The molecule has 1 atom stereocenters. The Morgan fingerprint density at radius 1 is 1.42 bits per heavy atom. The van der Waals surface area contributed by atoms with Crippen molar-refractivity contribution in [1.82, 2.24) is 10.2 Å². The van der Waals surface area contributed by atoms with E-state index in [4.69, 9.17) is 4.74 Å². The van der Waals surface area contributed by atoms with E-state index in [2.05, 4.69) is 29.1 Å². The lowest BCUT2D eigenvalue weighted by molar-refractivity contribution is 0.0377. The van der Waals surface area contributed by atoms with Crippen LogP contribution in [-0.4, -0.2) is 61.3 Å². The molecule has 19 heavy (non-hydrogen) atoms. The van der Waals surface area contributed by atoms with Gasteiger partial charge in [0.1, 0.15) is 0 Å². The molecule has 1 unspecified atom stereocenters. The van der Waals surface area contributed by atoms with Gasteiger partial charge in [0.05, 0.1) is 13.2 Å². The van der Waals surface area contributed by atoms with Crippen LogP contribution in [0.3, 0.4) is 0 Å². The lowest BCUT2D eigenvalue weighted by Gasteiger charge is -2.26. The first-order chi connectivity index (χ1) is 9.24.